The molecule has 1 aliphatic rings. The fourth-order valence-corrected chi connectivity index (χ4v) is 2.66. The quantitative estimate of drug-likeness (QED) is 0.633. The molecule has 1 fully saturated rings. The van der Waals surface area contributed by atoms with Crippen molar-refractivity contribution in [3.8, 4) is 17.2 Å². The predicted molar refractivity (Wildman–Crippen MR) is 103 cm³/mol. The summed E-state index contributed by atoms with van der Waals surface area (Å²) in [4.78, 5) is 10.9. The average Bonchev–Trinajstić information content (AvgIpc) is 2.77. The van der Waals surface area contributed by atoms with Crippen molar-refractivity contribution in [2.45, 2.75) is 38.9 Å². The molecule has 3 rings (SSSR count). The Morgan fingerprint density at radius 2 is 1.63 bits per heavy atom. The van der Waals surface area contributed by atoms with E-state index >= 15 is 0 Å². The van der Waals surface area contributed by atoms with Crippen LogP contribution in [0, 0.1) is 0 Å². The van der Waals surface area contributed by atoms with Crippen LogP contribution in [0.2, 0.25) is 0 Å². The van der Waals surface area contributed by atoms with Crippen molar-refractivity contribution in [2.24, 2.45) is 5.73 Å². The monoisotopic (exact) mass is 370 g/mol. The first kappa shape index (κ1) is 19.1. The maximum atomic E-state index is 10.9. The molecule has 1 aliphatic heterocycles. The van der Waals surface area contributed by atoms with Crippen LogP contribution in [0.1, 0.15) is 27.7 Å². The van der Waals surface area contributed by atoms with Gasteiger partial charge in [0.05, 0.1) is 11.2 Å². The lowest BCUT2D eigenvalue weighted by molar-refractivity contribution is 0.00578. The number of nitrogen functional groups attached to an aromatic ring is 1. The Morgan fingerprint density at radius 1 is 1.00 bits per heavy atom. The number of benzene rings is 2. The Labute approximate surface area is 158 Å². The lowest BCUT2D eigenvalue weighted by atomic mass is 9.78. The van der Waals surface area contributed by atoms with Gasteiger partial charge in [-0.25, -0.2) is 4.79 Å². The maximum Gasteiger partial charge on any atom is 0.498 e. The van der Waals surface area contributed by atoms with Crippen LogP contribution in [0.5, 0.6) is 17.2 Å². The highest BCUT2D eigenvalue weighted by molar-refractivity contribution is 6.63. The van der Waals surface area contributed by atoms with E-state index in [1.807, 2.05) is 27.7 Å². The largest absolute Gasteiger partial charge is 0.498 e. The smallest absolute Gasteiger partial charge is 0.458 e. The third-order valence-corrected chi connectivity index (χ3v) is 4.79. The van der Waals surface area contributed by atoms with Crippen LogP contribution in [0.25, 0.3) is 0 Å². The van der Waals surface area contributed by atoms with Crippen LogP contribution >= 0.6 is 0 Å². The van der Waals surface area contributed by atoms with Crippen LogP contribution in [0.4, 0.5) is 10.5 Å². The van der Waals surface area contributed by atoms with E-state index in [2.05, 4.69) is 0 Å². The minimum Gasteiger partial charge on any atom is -0.458 e. The molecule has 7 nitrogen and oxygen atoms in total. The van der Waals surface area contributed by atoms with Gasteiger partial charge in [-0.05, 0) is 58.0 Å². The van der Waals surface area contributed by atoms with E-state index < -0.39 is 24.4 Å². The molecule has 1 amide bonds. The summed E-state index contributed by atoms with van der Waals surface area (Å²) < 4.78 is 23.1. The topological polar surface area (TPSA) is 106 Å². The molecule has 0 unspecified atom stereocenters. The average molecular weight is 370 g/mol. The highest BCUT2D eigenvalue weighted by Crippen LogP contribution is 2.37. The summed E-state index contributed by atoms with van der Waals surface area (Å²) in [5.41, 5.74) is 11.3. The summed E-state index contributed by atoms with van der Waals surface area (Å²) in [6.07, 6.45) is -0.891. The lowest BCUT2D eigenvalue weighted by Gasteiger charge is -2.32. The third kappa shape index (κ3) is 4.01. The zero-order chi connectivity index (χ0) is 19.8. The molecule has 4 N–H and O–H groups in total. The van der Waals surface area contributed by atoms with Gasteiger partial charge >= 0.3 is 13.2 Å². The number of hydrogen-bond donors (Lipinski definition) is 2. The third-order valence-electron chi connectivity index (χ3n) is 4.79. The van der Waals surface area contributed by atoms with E-state index in [4.69, 9.17) is 30.2 Å². The van der Waals surface area contributed by atoms with Gasteiger partial charge in [-0.1, -0.05) is 6.07 Å². The second-order valence-corrected chi connectivity index (χ2v) is 7.38. The molecule has 8 heteroatoms. The number of anilines is 1. The Balaban J connectivity index is 1.91. The van der Waals surface area contributed by atoms with Crippen molar-refractivity contribution in [1.82, 2.24) is 0 Å². The van der Waals surface area contributed by atoms with Crippen molar-refractivity contribution in [2.75, 3.05) is 5.73 Å². The summed E-state index contributed by atoms with van der Waals surface area (Å²) in [6.45, 7) is 7.91. The van der Waals surface area contributed by atoms with Gasteiger partial charge in [-0.15, -0.1) is 0 Å². The van der Waals surface area contributed by atoms with E-state index in [-0.39, 0.29) is 5.75 Å². The standard InChI is InChI=1S/C19H23BN2O5/c1-18(2)19(3,4)27-20(26-18)15-10-12(21)8-9-16(15)24-13-6-5-7-14(11-13)25-17(22)23/h5-11H,21H2,1-4H3,(H2,22,23). The minimum atomic E-state index is -0.891. The van der Waals surface area contributed by atoms with Crippen LogP contribution in [-0.4, -0.2) is 24.4 Å². The molecule has 1 heterocycles. The van der Waals surface area contributed by atoms with Gasteiger partial charge in [0.15, 0.2) is 0 Å². The molecular formula is C19H23BN2O5. The second kappa shape index (κ2) is 6.79. The van der Waals surface area contributed by atoms with Gasteiger partial charge in [-0.3, -0.25) is 0 Å². The molecule has 0 radical (unpaired) electrons. The molecule has 2 aromatic rings. The Kier molecular flexibility index (Phi) is 4.80. The highest BCUT2D eigenvalue weighted by Gasteiger charge is 2.52. The van der Waals surface area contributed by atoms with Crippen molar-refractivity contribution >= 4 is 24.4 Å². The number of primary amides is 1. The first-order chi connectivity index (χ1) is 12.6. The molecule has 0 spiro atoms. The first-order valence-electron chi connectivity index (χ1n) is 8.58. The second-order valence-electron chi connectivity index (χ2n) is 7.38. The number of carbonyl (C=O) groups is 1. The summed E-state index contributed by atoms with van der Waals surface area (Å²) >= 11 is 0. The number of ether oxygens (including phenoxy) is 2. The molecule has 0 aromatic heterocycles. The molecule has 1 saturated heterocycles. The summed E-state index contributed by atoms with van der Waals surface area (Å²) in [7, 11) is -0.626. The Hall–Kier alpha value is -2.71. The summed E-state index contributed by atoms with van der Waals surface area (Å²) in [6, 6.07) is 11.8. The first-order valence-corrected chi connectivity index (χ1v) is 8.58. The van der Waals surface area contributed by atoms with E-state index in [0.717, 1.165) is 0 Å². The normalized spacial score (nSPS) is 17.6. The molecular weight excluding hydrogens is 347 g/mol. The van der Waals surface area contributed by atoms with Crippen molar-refractivity contribution in [1.29, 1.82) is 0 Å². The van der Waals surface area contributed by atoms with Crippen molar-refractivity contribution in [3.63, 3.8) is 0 Å². The van der Waals surface area contributed by atoms with Gasteiger partial charge in [0.1, 0.15) is 17.2 Å². The summed E-state index contributed by atoms with van der Waals surface area (Å²) in [5, 5.41) is 0. The number of rotatable bonds is 4. The molecule has 27 heavy (non-hydrogen) atoms. The van der Waals surface area contributed by atoms with E-state index in [1.165, 1.54) is 0 Å². The molecule has 2 aromatic carbocycles. The van der Waals surface area contributed by atoms with E-state index in [0.29, 0.717) is 22.6 Å². The predicted octanol–water partition coefficient (Wildman–Crippen LogP) is 2.82. The Morgan fingerprint density at radius 3 is 2.26 bits per heavy atom. The van der Waals surface area contributed by atoms with Gasteiger partial charge in [0, 0.05) is 17.2 Å². The molecule has 0 bridgehead atoms. The zero-order valence-electron chi connectivity index (χ0n) is 15.8. The fourth-order valence-electron chi connectivity index (χ4n) is 2.66. The Bertz CT molecular complexity index is 853. The minimum absolute atomic E-state index is 0.285. The van der Waals surface area contributed by atoms with Crippen LogP contribution in [0.15, 0.2) is 42.5 Å². The van der Waals surface area contributed by atoms with Gasteiger partial charge < -0.3 is 30.2 Å². The van der Waals surface area contributed by atoms with E-state index in [9.17, 15) is 4.79 Å². The van der Waals surface area contributed by atoms with Crippen molar-refractivity contribution < 1.29 is 23.6 Å². The number of nitrogens with two attached hydrogens (primary N) is 2. The van der Waals surface area contributed by atoms with Gasteiger partial charge in [-0.2, -0.15) is 0 Å². The number of hydrogen-bond acceptors (Lipinski definition) is 6. The fraction of sp³-hybridized carbons (Fsp3) is 0.316. The van der Waals surface area contributed by atoms with Crippen LogP contribution < -0.4 is 26.4 Å². The number of carbonyl (C=O) groups excluding carboxylic acids is 1. The molecule has 0 aliphatic carbocycles. The molecule has 0 saturated carbocycles. The highest BCUT2D eigenvalue weighted by atomic mass is 16.7. The molecule has 142 valence electrons. The number of amides is 1. The van der Waals surface area contributed by atoms with Crippen molar-refractivity contribution in [3.05, 3.63) is 42.5 Å². The van der Waals surface area contributed by atoms with E-state index in [1.54, 1.807) is 42.5 Å². The van der Waals surface area contributed by atoms with Crippen LogP contribution in [-0.2, 0) is 9.31 Å². The lowest BCUT2D eigenvalue weighted by Crippen LogP contribution is -2.41. The van der Waals surface area contributed by atoms with Gasteiger partial charge in [0.2, 0.25) is 0 Å². The van der Waals surface area contributed by atoms with Gasteiger partial charge in [0.25, 0.3) is 0 Å². The SMILES string of the molecule is CC1(C)OB(c2cc(N)ccc2Oc2cccc(OC(N)=O)c2)OC1(C)C. The maximum absolute atomic E-state index is 10.9. The zero-order valence-corrected chi connectivity index (χ0v) is 15.8. The molecule has 0 atom stereocenters. The van der Waals surface area contributed by atoms with Crippen LogP contribution in [0.3, 0.4) is 0 Å². The summed E-state index contributed by atoms with van der Waals surface area (Å²) in [5.74, 6) is 1.28.